The van der Waals surface area contributed by atoms with E-state index in [1.54, 1.807) is 11.8 Å². The molecule has 19 heavy (non-hydrogen) atoms. The second kappa shape index (κ2) is 7.53. The van der Waals surface area contributed by atoms with Crippen LogP contribution < -0.4 is 16.9 Å². The predicted octanol–water partition coefficient (Wildman–Crippen LogP) is 0.284. The minimum absolute atomic E-state index is 0. The van der Waals surface area contributed by atoms with Crippen molar-refractivity contribution in [3.05, 3.63) is 24.3 Å². The van der Waals surface area contributed by atoms with Crippen LogP contribution in [0, 0.1) is 0 Å². The Morgan fingerprint density at radius 3 is 2.58 bits per heavy atom. The molecule has 1 aromatic carbocycles. The molecule has 1 aromatic rings. The highest BCUT2D eigenvalue weighted by Crippen LogP contribution is 2.31. The van der Waals surface area contributed by atoms with Crippen LogP contribution in [0.25, 0.3) is 0 Å². The van der Waals surface area contributed by atoms with E-state index in [0.29, 0.717) is 0 Å². The first-order chi connectivity index (χ1) is 8.70. The largest absolute Gasteiger partial charge is 1.00 e. The van der Waals surface area contributed by atoms with Gasteiger partial charge in [-0.3, -0.25) is 4.48 Å². The van der Waals surface area contributed by atoms with Gasteiger partial charge in [0.15, 0.2) is 0 Å². The van der Waals surface area contributed by atoms with Gasteiger partial charge >= 0.3 is 0 Å². The molecule has 0 bridgehead atoms. The summed E-state index contributed by atoms with van der Waals surface area (Å²) in [5, 5.41) is 9.74. The van der Waals surface area contributed by atoms with E-state index in [0.717, 1.165) is 30.4 Å². The molecule has 2 rings (SSSR count). The first kappa shape index (κ1) is 16.8. The Labute approximate surface area is 127 Å². The molecule has 1 fully saturated rings. The Morgan fingerprint density at radius 2 is 2.00 bits per heavy atom. The fourth-order valence-electron chi connectivity index (χ4n) is 2.99. The SMILES string of the molecule is CCC[N+]1(c2cccc(SC)c2)CCC(O)CC1.[Cl-]. The highest BCUT2D eigenvalue weighted by atomic mass is 35.5. The van der Waals surface area contributed by atoms with Gasteiger partial charge in [0, 0.05) is 23.8 Å². The third-order valence-electron chi connectivity index (χ3n) is 4.03. The molecule has 1 aliphatic rings. The van der Waals surface area contributed by atoms with E-state index < -0.39 is 0 Å². The Kier molecular flexibility index (Phi) is 6.67. The molecule has 0 aromatic heterocycles. The highest BCUT2D eigenvalue weighted by Gasteiger charge is 2.34. The molecule has 0 spiro atoms. The van der Waals surface area contributed by atoms with Crippen LogP contribution >= 0.6 is 11.8 Å². The average Bonchev–Trinajstić information content (AvgIpc) is 2.42. The lowest BCUT2D eigenvalue weighted by molar-refractivity contribution is -0.00000642. The molecule has 0 atom stereocenters. The lowest BCUT2D eigenvalue weighted by Crippen LogP contribution is -3.00. The maximum Gasteiger partial charge on any atom is 0.133 e. The topological polar surface area (TPSA) is 20.2 Å². The maximum atomic E-state index is 9.74. The molecular weight excluding hydrogens is 278 g/mol. The molecule has 0 aliphatic carbocycles. The van der Waals surface area contributed by atoms with E-state index in [4.69, 9.17) is 0 Å². The number of halogens is 1. The van der Waals surface area contributed by atoms with Gasteiger partial charge in [0.25, 0.3) is 0 Å². The Bertz CT molecular complexity index is 391. The Morgan fingerprint density at radius 1 is 1.32 bits per heavy atom. The number of likely N-dealkylation sites (tertiary alicyclic amines) is 1. The van der Waals surface area contributed by atoms with E-state index in [9.17, 15) is 5.11 Å². The number of aliphatic hydroxyl groups excluding tert-OH is 1. The number of nitrogens with zero attached hydrogens (tertiary/aromatic N) is 1. The molecule has 4 heteroatoms. The van der Waals surface area contributed by atoms with Crippen LogP contribution in [0.3, 0.4) is 0 Å². The number of aliphatic hydroxyl groups is 1. The van der Waals surface area contributed by atoms with Crippen molar-refractivity contribution in [2.45, 2.75) is 37.2 Å². The summed E-state index contributed by atoms with van der Waals surface area (Å²) in [6.07, 6.45) is 5.10. The van der Waals surface area contributed by atoms with Crippen LogP contribution in [0.4, 0.5) is 5.69 Å². The van der Waals surface area contributed by atoms with Crippen LogP contribution in [0.1, 0.15) is 26.2 Å². The van der Waals surface area contributed by atoms with Gasteiger partial charge in [-0.2, -0.15) is 0 Å². The minimum atomic E-state index is -0.0863. The fraction of sp³-hybridized carbons (Fsp3) is 0.600. The lowest BCUT2D eigenvalue weighted by Gasteiger charge is -2.42. The molecule has 0 unspecified atom stereocenters. The zero-order valence-corrected chi connectivity index (χ0v) is 13.4. The molecular formula is C15H24ClNOS. The fourth-order valence-corrected chi connectivity index (χ4v) is 3.45. The van der Waals surface area contributed by atoms with Crippen molar-refractivity contribution in [2.75, 3.05) is 25.9 Å². The van der Waals surface area contributed by atoms with Crippen molar-refractivity contribution < 1.29 is 17.5 Å². The first-order valence-electron chi connectivity index (χ1n) is 6.89. The minimum Gasteiger partial charge on any atom is -1.00 e. The van der Waals surface area contributed by atoms with Crippen molar-refractivity contribution in [1.82, 2.24) is 4.48 Å². The van der Waals surface area contributed by atoms with Crippen molar-refractivity contribution in [3.8, 4) is 0 Å². The standard InChI is InChI=1S/C15H24NOS.ClH/c1-3-9-16(10-7-14(17)8-11-16)13-5-4-6-15(12-13)18-2;/h4-6,12,14,17H,3,7-11H2,1-2H3;1H/q+1;/p-1. The van der Waals surface area contributed by atoms with Gasteiger partial charge in [-0.15, -0.1) is 11.8 Å². The predicted molar refractivity (Wildman–Crippen MR) is 80.1 cm³/mol. The van der Waals surface area contributed by atoms with Gasteiger partial charge in [0.05, 0.1) is 25.7 Å². The van der Waals surface area contributed by atoms with E-state index in [-0.39, 0.29) is 18.5 Å². The summed E-state index contributed by atoms with van der Waals surface area (Å²) < 4.78 is 1.06. The summed E-state index contributed by atoms with van der Waals surface area (Å²) in [5.41, 5.74) is 1.43. The van der Waals surface area contributed by atoms with Gasteiger partial charge in [0.2, 0.25) is 0 Å². The molecule has 2 nitrogen and oxygen atoms in total. The average molecular weight is 302 g/mol. The van der Waals surface area contributed by atoms with Crippen LogP contribution in [-0.4, -0.2) is 37.1 Å². The number of piperidine rings is 1. The van der Waals surface area contributed by atoms with E-state index >= 15 is 0 Å². The third-order valence-corrected chi connectivity index (χ3v) is 4.76. The molecule has 0 amide bonds. The second-order valence-electron chi connectivity index (χ2n) is 5.25. The van der Waals surface area contributed by atoms with Crippen LogP contribution in [0.15, 0.2) is 29.2 Å². The van der Waals surface area contributed by atoms with Gasteiger partial charge in [-0.1, -0.05) is 13.0 Å². The van der Waals surface area contributed by atoms with Crippen molar-refractivity contribution in [1.29, 1.82) is 0 Å². The van der Waals surface area contributed by atoms with Crippen LogP contribution in [-0.2, 0) is 0 Å². The number of thioether (sulfide) groups is 1. The molecule has 0 radical (unpaired) electrons. The lowest BCUT2D eigenvalue weighted by atomic mass is 10.0. The van der Waals surface area contributed by atoms with Gasteiger partial charge in [-0.05, 0) is 24.8 Å². The third kappa shape index (κ3) is 3.88. The van der Waals surface area contributed by atoms with Gasteiger partial charge in [-0.25, -0.2) is 0 Å². The van der Waals surface area contributed by atoms with Crippen LogP contribution in [0.5, 0.6) is 0 Å². The number of hydrogen-bond acceptors (Lipinski definition) is 2. The quantitative estimate of drug-likeness (QED) is 0.637. The smallest absolute Gasteiger partial charge is 0.133 e. The van der Waals surface area contributed by atoms with E-state index in [2.05, 4.69) is 37.4 Å². The Balaban J connectivity index is 0.00000180. The molecule has 108 valence electrons. The van der Waals surface area contributed by atoms with E-state index in [1.807, 2.05) is 0 Å². The zero-order valence-electron chi connectivity index (χ0n) is 11.8. The van der Waals surface area contributed by atoms with Gasteiger partial charge in [0.1, 0.15) is 5.69 Å². The number of rotatable bonds is 4. The summed E-state index contributed by atoms with van der Waals surface area (Å²) in [6.45, 7) is 5.59. The van der Waals surface area contributed by atoms with Crippen molar-refractivity contribution in [3.63, 3.8) is 0 Å². The summed E-state index contributed by atoms with van der Waals surface area (Å²) in [7, 11) is 0. The second-order valence-corrected chi connectivity index (χ2v) is 6.13. The molecule has 1 aliphatic heterocycles. The molecule has 1 saturated heterocycles. The van der Waals surface area contributed by atoms with Crippen molar-refractivity contribution in [2.24, 2.45) is 0 Å². The molecule has 1 N–H and O–H groups in total. The van der Waals surface area contributed by atoms with E-state index in [1.165, 1.54) is 23.5 Å². The molecule has 0 saturated carbocycles. The normalized spacial score (nSPS) is 26.8. The number of hydrogen-bond donors (Lipinski definition) is 1. The number of benzene rings is 1. The Hall–Kier alpha value is -0.220. The first-order valence-corrected chi connectivity index (χ1v) is 8.11. The van der Waals surface area contributed by atoms with Crippen molar-refractivity contribution >= 4 is 17.4 Å². The monoisotopic (exact) mass is 301 g/mol. The number of quaternary nitrogens is 1. The summed E-state index contributed by atoms with van der Waals surface area (Å²) in [4.78, 5) is 1.34. The van der Waals surface area contributed by atoms with Crippen LogP contribution in [0.2, 0.25) is 0 Å². The summed E-state index contributed by atoms with van der Waals surface area (Å²) in [5.74, 6) is 0. The molecule has 1 heterocycles. The maximum absolute atomic E-state index is 9.74. The summed E-state index contributed by atoms with van der Waals surface area (Å²) in [6, 6.07) is 8.93. The van der Waals surface area contributed by atoms with Gasteiger partial charge < -0.3 is 17.5 Å². The summed E-state index contributed by atoms with van der Waals surface area (Å²) >= 11 is 1.80. The highest BCUT2D eigenvalue weighted by molar-refractivity contribution is 7.98. The zero-order chi connectivity index (χ0) is 13.0.